The summed E-state index contributed by atoms with van der Waals surface area (Å²) in [5.74, 6) is -1.12. The molecule has 3 rings (SSSR count). The van der Waals surface area contributed by atoms with Gasteiger partial charge in [-0.2, -0.15) is 0 Å². The van der Waals surface area contributed by atoms with Crippen LogP contribution in [0.1, 0.15) is 27.2 Å². The first-order valence-corrected chi connectivity index (χ1v) is 12.3. The van der Waals surface area contributed by atoms with Gasteiger partial charge in [0.15, 0.2) is 0 Å². The molecule has 2 aromatic carbocycles. The van der Waals surface area contributed by atoms with E-state index >= 15 is 0 Å². The molecular formula is C25H30O5Si. The Morgan fingerprint density at radius 3 is 1.94 bits per heavy atom. The summed E-state index contributed by atoms with van der Waals surface area (Å²) in [5, 5.41) is 32.5. The molecule has 1 aliphatic carbocycles. The van der Waals surface area contributed by atoms with Gasteiger partial charge in [-0.1, -0.05) is 88.0 Å². The second kappa shape index (κ2) is 8.92. The molecule has 2 aromatic rings. The zero-order valence-electron chi connectivity index (χ0n) is 18.2. The van der Waals surface area contributed by atoms with Crippen molar-refractivity contribution in [3.8, 4) is 0 Å². The summed E-state index contributed by atoms with van der Waals surface area (Å²) in [6, 6.07) is 20.0. The lowest BCUT2D eigenvalue weighted by atomic mass is 9.84. The maximum atomic E-state index is 11.3. The molecule has 1 fully saturated rings. The van der Waals surface area contributed by atoms with Crippen LogP contribution in [-0.4, -0.2) is 47.9 Å². The minimum atomic E-state index is -2.98. The van der Waals surface area contributed by atoms with E-state index in [0.29, 0.717) is 5.57 Å². The van der Waals surface area contributed by atoms with Gasteiger partial charge in [0.25, 0.3) is 8.32 Å². The van der Waals surface area contributed by atoms with Gasteiger partial charge >= 0.3 is 5.97 Å². The van der Waals surface area contributed by atoms with Gasteiger partial charge in [0.2, 0.25) is 0 Å². The minimum absolute atomic E-state index is 0.161. The first kappa shape index (κ1) is 23.2. The number of benzene rings is 2. The summed E-state index contributed by atoms with van der Waals surface area (Å²) in [6.45, 7) is 10.2. The summed E-state index contributed by atoms with van der Waals surface area (Å²) < 4.78 is 6.91. The monoisotopic (exact) mass is 438 g/mol. The molecule has 0 radical (unpaired) electrons. The summed E-state index contributed by atoms with van der Waals surface area (Å²) in [5.41, 5.74) is 0.602. The molecule has 0 bridgehead atoms. The Labute approximate surface area is 184 Å². The van der Waals surface area contributed by atoms with Crippen molar-refractivity contribution in [3.63, 3.8) is 0 Å². The minimum Gasteiger partial charge on any atom is -0.478 e. The Bertz CT molecular complexity index is 923. The third-order valence-electron chi connectivity index (χ3n) is 5.94. The van der Waals surface area contributed by atoms with Crippen molar-refractivity contribution in [2.45, 2.75) is 50.5 Å². The number of aliphatic hydroxyl groups excluding tert-OH is 2. The van der Waals surface area contributed by atoms with Crippen LogP contribution in [0.15, 0.2) is 84.5 Å². The highest BCUT2D eigenvalue weighted by atomic mass is 28.4. The van der Waals surface area contributed by atoms with Crippen molar-refractivity contribution in [1.82, 2.24) is 0 Å². The van der Waals surface area contributed by atoms with Crippen LogP contribution in [0.4, 0.5) is 0 Å². The molecule has 0 aliphatic heterocycles. The zero-order chi connectivity index (χ0) is 22.8. The van der Waals surface area contributed by atoms with Gasteiger partial charge in [-0.3, -0.25) is 0 Å². The van der Waals surface area contributed by atoms with Crippen molar-refractivity contribution < 1.29 is 24.5 Å². The van der Waals surface area contributed by atoms with E-state index in [1.807, 2.05) is 60.7 Å². The standard InChI is InChI=1S/C25H30O5Si/c1-17-18(16-22(26)27)15-21(24(29)23(17)28)30-31(25(2,3)4,19-11-7-5-8-12-19)20-13-9-6-10-14-20/h5-14,16,21,23-24,28-29H,1,15H2,2-4H3,(H,26,27)/b18-16+. The summed E-state index contributed by atoms with van der Waals surface area (Å²) in [7, 11) is -2.98. The van der Waals surface area contributed by atoms with Gasteiger partial charge in [-0.15, -0.1) is 0 Å². The van der Waals surface area contributed by atoms with Crippen LogP contribution in [0.2, 0.25) is 5.04 Å². The first-order chi connectivity index (χ1) is 14.6. The summed E-state index contributed by atoms with van der Waals surface area (Å²) >= 11 is 0. The van der Waals surface area contributed by atoms with Crippen molar-refractivity contribution in [2.75, 3.05) is 0 Å². The first-order valence-electron chi connectivity index (χ1n) is 10.4. The van der Waals surface area contributed by atoms with Crippen LogP contribution in [0.3, 0.4) is 0 Å². The lowest BCUT2D eigenvalue weighted by Gasteiger charge is -2.47. The van der Waals surface area contributed by atoms with Crippen LogP contribution < -0.4 is 10.4 Å². The number of aliphatic hydroxyl groups is 2. The smallest absolute Gasteiger partial charge is 0.328 e. The van der Waals surface area contributed by atoms with Gasteiger partial charge in [-0.25, -0.2) is 4.79 Å². The maximum Gasteiger partial charge on any atom is 0.328 e. The molecule has 0 amide bonds. The molecular weight excluding hydrogens is 408 g/mol. The molecule has 3 atom stereocenters. The van der Waals surface area contributed by atoms with Crippen molar-refractivity contribution in [1.29, 1.82) is 0 Å². The number of carboxylic acid groups (broad SMARTS) is 1. The van der Waals surface area contributed by atoms with Crippen LogP contribution in [-0.2, 0) is 9.22 Å². The topological polar surface area (TPSA) is 87.0 Å². The molecule has 0 aromatic heterocycles. The predicted molar refractivity (Wildman–Crippen MR) is 124 cm³/mol. The fourth-order valence-corrected chi connectivity index (χ4v) is 9.09. The Balaban J connectivity index is 2.17. The fourth-order valence-electron chi connectivity index (χ4n) is 4.40. The van der Waals surface area contributed by atoms with Gasteiger partial charge in [0, 0.05) is 12.5 Å². The second-order valence-electron chi connectivity index (χ2n) is 8.99. The van der Waals surface area contributed by atoms with Gasteiger partial charge in [0.05, 0.1) is 6.10 Å². The Kier molecular flexibility index (Phi) is 6.67. The average Bonchev–Trinajstić information content (AvgIpc) is 2.73. The molecule has 1 aliphatic rings. The van der Waals surface area contributed by atoms with Crippen LogP contribution >= 0.6 is 0 Å². The molecule has 31 heavy (non-hydrogen) atoms. The third kappa shape index (κ3) is 4.43. The fraction of sp³-hybridized carbons (Fsp3) is 0.320. The van der Waals surface area contributed by atoms with Crippen LogP contribution in [0, 0.1) is 0 Å². The second-order valence-corrected chi connectivity index (χ2v) is 13.2. The normalized spacial score (nSPS) is 23.7. The lowest BCUT2D eigenvalue weighted by Crippen LogP contribution is -2.69. The van der Waals surface area contributed by atoms with Gasteiger partial charge < -0.3 is 19.7 Å². The van der Waals surface area contributed by atoms with E-state index in [2.05, 4.69) is 27.4 Å². The van der Waals surface area contributed by atoms with Gasteiger partial charge in [-0.05, 0) is 26.6 Å². The van der Waals surface area contributed by atoms with E-state index in [1.165, 1.54) is 0 Å². The largest absolute Gasteiger partial charge is 0.478 e. The highest BCUT2D eigenvalue weighted by Crippen LogP contribution is 2.40. The molecule has 0 heterocycles. The Morgan fingerprint density at radius 2 is 1.52 bits per heavy atom. The number of aliphatic carboxylic acids is 1. The maximum absolute atomic E-state index is 11.3. The quantitative estimate of drug-likeness (QED) is 0.494. The van der Waals surface area contributed by atoms with Crippen molar-refractivity contribution in [3.05, 3.63) is 84.5 Å². The molecule has 1 saturated carbocycles. The molecule has 0 spiro atoms. The molecule has 3 N–H and O–H groups in total. The molecule has 0 saturated heterocycles. The highest BCUT2D eigenvalue weighted by Gasteiger charge is 2.53. The predicted octanol–water partition coefficient (Wildman–Crippen LogP) is 2.62. The lowest BCUT2D eigenvalue weighted by molar-refractivity contribution is -0.131. The number of carbonyl (C=O) groups is 1. The summed E-state index contributed by atoms with van der Waals surface area (Å²) in [6.07, 6.45) is -2.08. The Hall–Kier alpha value is -2.51. The van der Waals surface area contributed by atoms with E-state index in [4.69, 9.17) is 4.43 Å². The highest BCUT2D eigenvalue weighted by molar-refractivity contribution is 6.99. The van der Waals surface area contributed by atoms with E-state index < -0.39 is 32.6 Å². The van der Waals surface area contributed by atoms with E-state index in [1.54, 1.807) is 0 Å². The van der Waals surface area contributed by atoms with Gasteiger partial charge in [0.1, 0.15) is 12.2 Å². The molecule has 164 valence electrons. The number of carboxylic acids is 1. The molecule has 6 heteroatoms. The zero-order valence-corrected chi connectivity index (χ0v) is 19.2. The van der Waals surface area contributed by atoms with Crippen LogP contribution in [0.5, 0.6) is 0 Å². The van der Waals surface area contributed by atoms with E-state index in [0.717, 1.165) is 16.4 Å². The number of rotatable bonds is 5. The number of hydrogen-bond acceptors (Lipinski definition) is 4. The third-order valence-corrected chi connectivity index (χ3v) is 11.0. The molecule has 3 unspecified atom stereocenters. The van der Waals surface area contributed by atoms with Crippen molar-refractivity contribution >= 4 is 24.7 Å². The van der Waals surface area contributed by atoms with E-state index in [9.17, 15) is 20.1 Å². The van der Waals surface area contributed by atoms with Crippen molar-refractivity contribution in [2.24, 2.45) is 0 Å². The van der Waals surface area contributed by atoms with E-state index in [-0.39, 0.29) is 17.0 Å². The Morgan fingerprint density at radius 1 is 1.03 bits per heavy atom. The SMILES string of the molecule is C=C1/C(=C/C(=O)O)CC(O[Si](c2ccccc2)(c2ccccc2)C(C)(C)C)C(O)C1O. The van der Waals surface area contributed by atoms with Crippen LogP contribution in [0.25, 0.3) is 0 Å². The number of hydrogen-bond donors (Lipinski definition) is 3. The summed E-state index contributed by atoms with van der Waals surface area (Å²) in [4.78, 5) is 11.3. The average molecular weight is 439 g/mol. The molecule has 5 nitrogen and oxygen atoms in total.